The van der Waals surface area contributed by atoms with Gasteiger partial charge in [-0.1, -0.05) is 6.07 Å². The van der Waals surface area contributed by atoms with Crippen LogP contribution in [-0.4, -0.2) is 68.1 Å². The summed E-state index contributed by atoms with van der Waals surface area (Å²) in [5, 5.41) is 0. The Hall–Kier alpha value is -2.60. The zero-order valence-electron chi connectivity index (χ0n) is 17.9. The lowest BCUT2D eigenvalue weighted by Gasteiger charge is -2.30. The lowest BCUT2D eigenvalue weighted by atomic mass is 9.98. The SMILES string of the molecule is COc1cc2c(cc1OC)C(=O)N(CCCN(C)CCc1cccc(C)n1)CC2. The minimum Gasteiger partial charge on any atom is -0.493 e. The van der Waals surface area contributed by atoms with Crippen molar-refractivity contribution >= 4 is 5.91 Å². The van der Waals surface area contributed by atoms with Crippen LogP contribution >= 0.6 is 0 Å². The number of ether oxygens (including phenoxy) is 2. The molecule has 6 heteroatoms. The molecule has 0 unspecified atom stereocenters. The lowest BCUT2D eigenvalue weighted by Crippen LogP contribution is -2.39. The molecular weight excluding hydrogens is 366 g/mol. The maximum atomic E-state index is 12.9. The summed E-state index contributed by atoms with van der Waals surface area (Å²) < 4.78 is 10.7. The van der Waals surface area contributed by atoms with Crippen LogP contribution in [0.5, 0.6) is 11.5 Å². The summed E-state index contributed by atoms with van der Waals surface area (Å²) in [4.78, 5) is 21.7. The maximum absolute atomic E-state index is 12.9. The molecule has 1 aliphatic heterocycles. The van der Waals surface area contributed by atoms with Crippen molar-refractivity contribution in [2.75, 3.05) is 47.4 Å². The lowest BCUT2D eigenvalue weighted by molar-refractivity contribution is 0.0732. The smallest absolute Gasteiger partial charge is 0.254 e. The van der Waals surface area contributed by atoms with Gasteiger partial charge in [0.05, 0.1) is 14.2 Å². The average molecular weight is 398 g/mol. The van der Waals surface area contributed by atoms with Gasteiger partial charge < -0.3 is 19.3 Å². The second-order valence-electron chi connectivity index (χ2n) is 7.58. The fourth-order valence-electron chi connectivity index (χ4n) is 3.76. The molecule has 0 bridgehead atoms. The van der Waals surface area contributed by atoms with E-state index < -0.39 is 0 Å². The van der Waals surface area contributed by atoms with Crippen molar-refractivity contribution < 1.29 is 14.3 Å². The van der Waals surface area contributed by atoms with Crippen molar-refractivity contribution in [3.8, 4) is 11.5 Å². The number of amides is 1. The topological polar surface area (TPSA) is 54.9 Å². The molecule has 29 heavy (non-hydrogen) atoms. The van der Waals surface area contributed by atoms with E-state index in [-0.39, 0.29) is 5.91 Å². The molecule has 0 saturated carbocycles. The average Bonchev–Trinajstić information content (AvgIpc) is 2.73. The van der Waals surface area contributed by atoms with Gasteiger partial charge in [-0.3, -0.25) is 9.78 Å². The first-order valence-electron chi connectivity index (χ1n) is 10.2. The number of aromatic nitrogens is 1. The Morgan fingerprint density at radius 1 is 1.14 bits per heavy atom. The van der Waals surface area contributed by atoms with Gasteiger partial charge in [0.1, 0.15) is 0 Å². The van der Waals surface area contributed by atoms with Crippen molar-refractivity contribution in [3.63, 3.8) is 0 Å². The van der Waals surface area contributed by atoms with Gasteiger partial charge in [0, 0.05) is 43.0 Å². The van der Waals surface area contributed by atoms with Crippen LogP contribution < -0.4 is 9.47 Å². The van der Waals surface area contributed by atoms with E-state index in [0.717, 1.165) is 68.0 Å². The first kappa shape index (κ1) is 21.1. The predicted octanol–water partition coefficient (Wildman–Crippen LogP) is 2.97. The summed E-state index contributed by atoms with van der Waals surface area (Å²) in [5.41, 5.74) is 3.95. The van der Waals surface area contributed by atoms with E-state index in [9.17, 15) is 4.79 Å². The third-order valence-electron chi connectivity index (χ3n) is 5.44. The number of rotatable bonds is 9. The third kappa shape index (κ3) is 5.26. The normalized spacial score (nSPS) is 13.6. The molecule has 0 fully saturated rings. The number of benzene rings is 1. The summed E-state index contributed by atoms with van der Waals surface area (Å²) in [7, 11) is 5.34. The number of nitrogens with zero attached hydrogens (tertiary/aromatic N) is 3. The fraction of sp³-hybridized carbons (Fsp3) is 0.478. The van der Waals surface area contributed by atoms with Crippen molar-refractivity contribution in [3.05, 3.63) is 52.8 Å². The molecule has 156 valence electrons. The fourth-order valence-corrected chi connectivity index (χ4v) is 3.76. The molecule has 0 radical (unpaired) electrons. The molecule has 1 aliphatic rings. The first-order valence-corrected chi connectivity index (χ1v) is 10.2. The van der Waals surface area contributed by atoms with E-state index in [4.69, 9.17) is 9.47 Å². The number of hydrogen-bond donors (Lipinski definition) is 0. The predicted molar refractivity (Wildman–Crippen MR) is 114 cm³/mol. The molecule has 3 rings (SSSR count). The van der Waals surface area contributed by atoms with Gasteiger partial charge in [-0.25, -0.2) is 0 Å². The molecule has 0 spiro atoms. The van der Waals surface area contributed by atoms with Crippen molar-refractivity contribution in [2.24, 2.45) is 0 Å². The summed E-state index contributed by atoms with van der Waals surface area (Å²) in [6.45, 7) is 5.45. The number of carbonyl (C=O) groups excluding carboxylic acids is 1. The molecule has 1 aromatic heterocycles. The monoisotopic (exact) mass is 397 g/mol. The molecule has 2 heterocycles. The zero-order chi connectivity index (χ0) is 20.8. The maximum Gasteiger partial charge on any atom is 0.254 e. The number of pyridine rings is 1. The number of fused-ring (bicyclic) bond motifs is 1. The summed E-state index contributed by atoms with van der Waals surface area (Å²) in [6.07, 6.45) is 2.73. The van der Waals surface area contributed by atoms with Crippen LogP contribution in [0.4, 0.5) is 0 Å². The second kappa shape index (κ2) is 9.74. The third-order valence-corrected chi connectivity index (χ3v) is 5.44. The van der Waals surface area contributed by atoms with Crippen LogP contribution in [-0.2, 0) is 12.8 Å². The van der Waals surface area contributed by atoms with Gasteiger partial charge in [0.15, 0.2) is 11.5 Å². The van der Waals surface area contributed by atoms with Gasteiger partial charge in [0.25, 0.3) is 5.91 Å². The van der Waals surface area contributed by atoms with Gasteiger partial charge in [-0.2, -0.15) is 0 Å². The number of hydrogen-bond acceptors (Lipinski definition) is 5. The van der Waals surface area contributed by atoms with Crippen LogP contribution in [0.3, 0.4) is 0 Å². The Labute approximate surface area is 173 Å². The minimum atomic E-state index is 0.0822. The van der Waals surface area contributed by atoms with Crippen LogP contribution in [0.2, 0.25) is 0 Å². The first-order chi connectivity index (χ1) is 14.0. The molecular formula is C23H31N3O3. The highest BCUT2D eigenvalue weighted by atomic mass is 16.5. The highest BCUT2D eigenvalue weighted by Crippen LogP contribution is 2.33. The number of carbonyl (C=O) groups is 1. The highest BCUT2D eigenvalue weighted by Gasteiger charge is 2.26. The quantitative estimate of drug-likeness (QED) is 0.651. The van der Waals surface area contributed by atoms with E-state index in [0.29, 0.717) is 11.5 Å². The molecule has 0 atom stereocenters. The van der Waals surface area contributed by atoms with Crippen LogP contribution in [0.25, 0.3) is 0 Å². The number of aryl methyl sites for hydroxylation is 1. The number of likely N-dealkylation sites (N-methyl/N-ethyl adjacent to an activating group) is 1. The summed E-state index contributed by atoms with van der Waals surface area (Å²) >= 11 is 0. The Kier molecular flexibility index (Phi) is 7.09. The zero-order valence-corrected chi connectivity index (χ0v) is 17.9. The molecule has 1 aromatic carbocycles. The van der Waals surface area contributed by atoms with Gasteiger partial charge in [-0.15, -0.1) is 0 Å². The largest absolute Gasteiger partial charge is 0.493 e. The van der Waals surface area contributed by atoms with E-state index in [2.05, 4.69) is 29.1 Å². The van der Waals surface area contributed by atoms with E-state index >= 15 is 0 Å². The Bertz CT molecular complexity index is 853. The Morgan fingerprint density at radius 3 is 2.62 bits per heavy atom. The molecule has 0 aliphatic carbocycles. The van der Waals surface area contributed by atoms with E-state index in [1.165, 1.54) is 0 Å². The standard InChI is InChI=1S/C23H31N3O3/c1-17-7-5-8-19(24-17)10-13-25(2)11-6-12-26-14-9-18-15-21(28-3)22(29-4)16-20(18)23(26)27/h5,7-8,15-16H,6,9-14H2,1-4H3. The number of methoxy groups -OCH3 is 2. The second-order valence-corrected chi connectivity index (χ2v) is 7.58. The van der Waals surface area contributed by atoms with Crippen LogP contribution in [0.1, 0.15) is 33.7 Å². The summed E-state index contributed by atoms with van der Waals surface area (Å²) in [6, 6.07) is 9.89. The molecule has 6 nitrogen and oxygen atoms in total. The molecule has 0 saturated heterocycles. The van der Waals surface area contributed by atoms with E-state index in [1.807, 2.05) is 30.0 Å². The highest BCUT2D eigenvalue weighted by molar-refractivity contribution is 5.97. The van der Waals surface area contributed by atoms with Gasteiger partial charge >= 0.3 is 0 Å². The van der Waals surface area contributed by atoms with Gasteiger partial charge in [-0.05, 0) is 63.2 Å². The van der Waals surface area contributed by atoms with Crippen molar-refractivity contribution in [1.29, 1.82) is 0 Å². The van der Waals surface area contributed by atoms with Crippen LogP contribution in [0.15, 0.2) is 30.3 Å². The minimum absolute atomic E-state index is 0.0822. The molecule has 2 aromatic rings. The van der Waals surface area contributed by atoms with Crippen LogP contribution in [0, 0.1) is 6.92 Å². The Morgan fingerprint density at radius 2 is 1.90 bits per heavy atom. The van der Waals surface area contributed by atoms with Crippen molar-refractivity contribution in [1.82, 2.24) is 14.8 Å². The molecule has 1 amide bonds. The summed E-state index contributed by atoms with van der Waals surface area (Å²) in [5.74, 6) is 1.36. The van der Waals surface area contributed by atoms with Gasteiger partial charge in [0.2, 0.25) is 0 Å². The molecule has 0 N–H and O–H groups in total. The van der Waals surface area contributed by atoms with E-state index in [1.54, 1.807) is 14.2 Å². The van der Waals surface area contributed by atoms with Crippen molar-refractivity contribution in [2.45, 2.75) is 26.2 Å². The Balaban J connectivity index is 1.49.